The van der Waals surface area contributed by atoms with E-state index in [2.05, 4.69) is 25.7 Å². The highest BCUT2D eigenvalue weighted by Gasteiger charge is 2.30. The van der Waals surface area contributed by atoms with Crippen LogP contribution in [-0.4, -0.2) is 25.8 Å². The van der Waals surface area contributed by atoms with Crippen LogP contribution in [0.2, 0.25) is 0 Å². The molecule has 1 aliphatic carbocycles. The first-order chi connectivity index (χ1) is 7.70. The molecule has 0 aliphatic heterocycles. The topological polar surface area (TPSA) is 21.3 Å². The Morgan fingerprint density at radius 2 is 2.00 bits per heavy atom. The van der Waals surface area contributed by atoms with Crippen molar-refractivity contribution in [1.82, 2.24) is 5.32 Å². The molecule has 2 heteroatoms. The number of hydrogen-bond donors (Lipinski definition) is 1. The number of rotatable bonds is 6. The van der Waals surface area contributed by atoms with Crippen LogP contribution >= 0.6 is 0 Å². The van der Waals surface area contributed by atoms with Gasteiger partial charge in [-0.25, -0.2) is 0 Å². The second-order valence-corrected chi connectivity index (χ2v) is 4.98. The summed E-state index contributed by atoms with van der Waals surface area (Å²) >= 11 is 0. The van der Waals surface area contributed by atoms with Crippen molar-refractivity contribution in [1.29, 1.82) is 0 Å². The van der Waals surface area contributed by atoms with Gasteiger partial charge in [-0.15, -0.1) is 0 Å². The predicted molar refractivity (Wildman–Crippen MR) is 69.7 cm³/mol. The van der Waals surface area contributed by atoms with E-state index in [-0.39, 0.29) is 0 Å². The third-order valence-corrected chi connectivity index (χ3v) is 3.67. The van der Waals surface area contributed by atoms with Crippen molar-refractivity contribution < 1.29 is 4.74 Å². The van der Waals surface area contributed by atoms with Gasteiger partial charge in [-0.3, -0.25) is 0 Å². The van der Waals surface area contributed by atoms with Crippen LogP contribution in [0.1, 0.15) is 46.0 Å². The molecule has 1 fully saturated rings. The van der Waals surface area contributed by atoms with Gasteiger partial charge in [0.05, 0.1) is 12.1 Å². The normalized spacial score (nSPS) is 21.7. The minimum Gasteiger partial charge on any atom is -0.379 e. The molecule has 0 saturated heterocycles. The molecule has 1 aliphatic rings. The molecule has 0 spiro atoms. The van der Waals surface area contributed by atoms with Gasteiger partial charge in [0.25, 0.3) is 0 Å². The number of ether oxygens (including phenoxy) is 1. The molecule has 0 amide bonds. The maximum Gasteiger partial charge on any atom is 0.0790 e. The molecule has 1 rings (SSSR count). The molecule has 0 bridgehead atoms. The van der Waals surface area contributed by atoms with Gasteiger partial charge in [-0.05, 0) is 32.2 Å². The summed E-state index contributed by atoms with van der Waals surface area (Å²) in [6.07, 6.45) is 7.05. The highest BCUT2D eigenvalue weighted by Crippen LogP contribution is 2.30. The van der Waals surface area contributed by atoms with Gasteiger partial charge >= 0.3 is 0 Å². The van der Waals surface area contributed by atoms with Crippen molar-refractivity contribution in [3.05, 3.63) is 12.2 Å². The summed E-state index contributed by atoms with van der Waals surface area (Å²) in [5.41, 5.74) is 1.19. The molecule has 2 nitrogen and oxygen atoms in total. The van der Waals surface area contributed by atoms with Gasteiger partial charge < -0.3 is 10.1 Å². The summed E-state index contributed by atoms with van der Waals surface area (Å²) in [6.45, 7) is 9.31. The van der Waals surface area contributed by atoms with Gasteiger partial charge in [0, 0.05) is 7.11 Å². The zero-order chi connectivity index (χ0) is 12.0. The largest absolute Gasteiger partial charge is 0.379 e. The van der Waals surface area contributed by atoms with Gasteiger partial charge in [0.1, 0.15) is 0 Å². The van der Waals surface area contributed by atoms with E-state index >= 15 is 0 Å². The number of hydrogen-bond acceptors (Lipinski definition) is 2. The standard InChI is InChI=1S/C14H27NO/c1-5-15-13(11(2)3)14(16-4)12-9-7-6-8-10-12/h12-15H,2,5-10H2,1,3-4H3. The zero-order valence-corrected chi connectivity index (χ0v) is 11.1. The maximum atomic E-state index is 5.74. The minimum absolute atomic E-state index is 0.303. The van der Waals surface area contributed by atoms with E-state index in [1.807, 2.05) is 7.11 Å². The molecule has 0 heterocycles. The fourth-order valence-electron chi connectivity index (χ4n) is 2.85. The molecule has 2 unspecified atom stereocenters. The number of likely N-dealkylation sites (N-methyl/N-ethyl adjacent to an activating group) is 1. The Labute approximate surface area is 100 Å². The lowest BCUT2D eigenvalue weighted by molar-refractivity contribution is 0.0175. The molecule has 1 saturated carbocycles. The predicted octanol–water partition coefficient (Wildman–Crippen LogP) is 3.14. The van der Waals surface area contributed by atoms with Gasteiger partial charge in [-0.2, -0.15) is 0 Å². The minimum atomic E-state index is 0.303. The third-order valence-electron chi connectivity index (χ3n) is 3.67. The summed E-state index contributed by atoms with van der Waals surface area (Å²) < 4.78 is 5.74. The van der Waals surface area contributed by atoms with E-state index in [0.29, 0.717) is 18.1 Å². The van der Waals surface area contributed by atoms with E-state index in [4.69, 9.17) is 4.74 Å². The highest BCUT2D eigenvalue weighted by molar-refractivity contribution is 5.06. The van der Waals surface area contributed by atoms with Crippen LogP contribution in [0.5, 0.6) is 0 Å². The van der Waals surface area contributed by atoms with E-state index in [1.165, 1.54) is 37.7 Å². The molecule has 0 radical (unpaired) electrons. The average Bonchev–Trinajstić information content (AvgIpc) is 2.30. The van der Waals surface area contributed by atoms with Crippen molar-refractivity contribution >= 4 is 0 Å². The van der Waals surface area contributed by atoms with Gasteiger partial charge in [0.15, 0.2) is 0 Å². The Kier molecular flexibility index (Phi) is 6.07. The smallest absolute Gasteiger partial charge is 0.0790 e. The van der Waals surface area contributed by atoms with Crippen LogP contribution in [0.25, 0.3) is 0 Å². The maximum absolute atomic E-state index is 5.74. The van der Waals surface area contributed by atoms with Crippen molar-refractivity contribution in [3.8, 4) is 0 Å². The second-order valence-electron chi connectivity index (χ2n) is 4.98. The lowest BCUT2D eigenvalue weighted by Gasteiger charge is -2.35. The molecule has 16 heavy (non-hydrogen) atoms. The first-order valence-electron chi connectivity index (χ1n) is 6.62. The molecule has 0 aromatic carbocycles. The van der Waals surface area contributed by atoms with Crippen molar-refractivity contribution in [3.63, 3.8) is 0 Å². The van der Waals surface area contributed by atoms with Crippen molar-refractivity contribution in [2.45, 2.75) is 58.1 Å². The molecule has 2 atom stereocenters. The van der Waals surface area contributed by atoms with Crippen LogP contribution in [-0.2, 0) is 4.74 Å². The highest BCUT2D eigenvalue weighted by atomic mass is 16.5. The monoisotopic (exact) mass is 225 g/mol. The second kappa shape index (κ2) is 7.08. The fourth-order valence-corrected chi connectivity index (χ4v) is 2.85. The van der Waals surface area contributed by atoms with Crippen LogP contribution in [0, 0.1) is 5.92 Å². The first kappa shape index (κ1) is 13.7. The van der Waals surface area contributed by atoms with Gasteiger partial charge in [0.2, 0.25) is 0 Å². The molecule has 0 aromatic heterocycles. The van der Waals surface area contributed by atoms with Crippen LogP contribution in [0.3, 0.4) is 0 Å². The number of methoxy groups -OCH3 is 1. The Hall–Kier alpha value is -0.340. The quantitative estimate of drug-likeness (QED) is 0.701. The molecular formula is C14H27NO. The Morgan fingerprint density at radius 3 is 2.44 bits per heavy atom. The van der Waals surface area contributed by atoms with Crippen LogP contribution in [0.15, 0.2) is 12.2 Å². The summed E-state index contributed by atoms with van der Waals surface area (Å²) in [4.78, 5) is 0. The third kappa shape index (κ3) is 3.60. The van der Waals surface area contributed by atoms with E-state index < -0.39 is 0 Å². The Morgan fingerprint density at radius 1 is 1.38 bits per heavy atom. The molecule has 0 aromatic rings. The SMILES string of the molecule is C=C(C)C(NCC)C(OC)C1CCCCC1. The molecule has 1 N–H and O–H groups in total. The Balaban J connectivity index is 2.64. The summed E-state index contributed by atoms with van der Waals surface area (Å²) in [5, 5.41) is 3.51. The summed E-state index contributed by atoms with van der Waals surface area (Å²) in [5.74, 6) is 0.708. The molecular weight excluding hydrogens is 198 g/mol. The van der Waals surface area contributed by atoms with Crippen LogP contribution in [0.4, 0.5) is 0 Å². The van der Waals surface area contributed by atoms with Crippen molar-refractivity contribution in [2.24, 2.45) is 5.92 Å². The Bertz CT molecular complexity index is 209. The lowest BCUT2D eigenvalue weighted by Crippen LogP contribution is -2.46. The van der Waals surface area contributed by atoms with Gasteiger partial charge in [-0.1, -0.05) is 38.3 Å². The van der Waals surface area contributed by atoms with Crippen LogP contribution < -0.4 is 5.32 Å². The van der Waals surface area contributed by atoms with Crippen molar-refractivity contribution in [2.75, 3.05) is 13.7 Å². The fraction of sp³-hybridized carbons (Fsp3) is 0.857. The van der Waals surface area contributed by atoms with E-state index in [1.54, 1.807) is 0 Å². The van der Waals surface area contributed by atoms with E-state index in [0.717, 1.165) is 6.54 Å². The number of nitrogens with one attached hydrogen (secondary N) is 1. The van der Waals surface area contributed by atoms with E-state index in [9.17, 15) is 0 Å². The first-order valence-corrected chi connectivity index (χ1v) is 6.62. The zero-order valence-electron chi connectivity index (χ0n) is 11.1. The average molecular weight is 225 g/mol. The summed E-state index contributed by atoms with van der Waals surface area (Å²) in [7, 11) is 1.84. The summed E-state index contributed by atoms with van der Waals surface area (Å²) in [6, 6.07) is 0.318. The molecule has 94 valence electrons. The lowest BCUT2D eigenvalue weighted by atomic mass is 9.81.